The van der Waals surface area contributed by atoms with E-state index in [0.29, 0.717) is 5.75 Å². The topological polar surface area (TPSA) is 86.8 Å². The van der Waals surface area contributed by atoms with Crippen molar-refractivity contribution in [2.45, 2.75) is 32.6 Å². The molecule has 0 saturated carbocycles. The second kappa shape index (κ2) is 6.94. The summed E-state index contributed by atoms with van der Waals surface area (Å²) in [6, 6.07) is -0.615. The van der Waals surface area contributed by atoms with Crippen LogP contribution in [0.5, 0.6) is 0 Å². The van der Waals surface area contributed by atoms with E-state index in [4.69, 9.17) is 15.9 Å². The number of amides is 1. The molecule has 0 saturated heterocycles. The number of β-amino-alcohol motifs (C(OH)–C–C–N with tert-alkyl or cyclic N) is 2. The summed E-state index contributed by atoms with van der Waals surface area (Å²) >= 11 is 1.52. The lowest BCUT2D eigenvalue weighted by atomic mass is 10.2. The fourth-order valence-electron chi connectivity index (χ4n) is 1.64. The van der Waals surface area contributed by atoms with Gasteiger partial charge in [0.2, 0.25) is 5.91 Å². The van der Waals surface area contributed by atoms with Crippen molar-refractivity contribution in [3.63, 3.8) is 0 Å². The van der Waals surface area contributed by atoms with E-state index in [1.807, 2.05) is 19.1 Å². The van der Waals surface area contributed by atoms with Crippen LogP contribution in [-0.4, -0.2) is 45.6 Å². The molecule has 0 fully saturated rings. The Morgan fingerprint density at radius 3 is 2.83 bits per heavy atom. The van der Waals surface area contributed by atoms with Gasteiger partial charge in [-0.3, -0.25) is 4.79 Å². The van der Waals surface area contributed by atoms with Gasteiger partial charge >= 0.3 is 0 Å². The molecule has 102 valence electrons. The van der Waals surface area contributed by atoms with E-state index in [1.54, 1.807) is 6.92 Å². The van der Waals surface area contributed by atoms with Crippen molar-refractivity contribution in [2.24, 2.45) is 5.73 Å². The number of nitrogens with zero attached hydrogens (tertiary/aromatic N) is 1. The second-order valence-corrected chi connectivity index (χ2v) is 5.17. The summed E-state index contributed by atoms with van der Waals surface area (Å²) < 4.78 is 0. The van der Waals surface area contributed by atoms with Crippen LogP contribution in [0.25, 0.3) is 0 Å². The molecule has 1 amide bonds. The Balaban J connectivity index is 3.04. The van der Waals surface area contributed by atoms with Crippen LogP contribution >= 0.6 is 11.8 Å². The number of aliphatic hydroxyl groups excluding tert-OH is 1. The molecule has 1 aliphatic heterocycles. The maximum absolute atomic E-state index is 12.0. The average molecular weight is 272 g/mol. The number of carbonyl (C=O) groups is 1. The summed E-state index contributed by atoms with van der Waals surface area (Å²) in [5, 5.41) is 18.1. The molecule has 1 heterocycles. The highest BCUT2D eigenvalue weighted by molar-refractivity contribution is 8.03. The molecule has 0 aromatic rings. The number of hydrogen-bond acceptors (Lipinski definition) is 5. The van der Waals surface area contributed by atoms with Gasteiger partial charge in [0, 0.05) is 16.4 Å². The first-order valence-electron chi connectivity index (χ1n) is 5.90. The second-order valence-electron chi connectivity index (χ2n) is 4.11. The van der Waals surface area contributed by atoms with Gasteiger partial charge in [-0.2, -0.15) is 0 Å². The Hall–Kier alpha value is -0.820. The highest BCUT2D eigenvalue weighted by Crippen LogP contribution is 2.28. The van der Waals surface area contributed by atoms with Gasteiger partial charge in [-0.25, -0.2) is 0 Å². The van der Waals surface area contributed by atoms with Crippen LogP contribution < -0.4 is 5.73 Å². The third kappa shape index (κ3) is 3.84. The van der Waals surface area contributed by atoms with Crippen LogP contribution in [0.1, 0.15) is 20.3 Å². The normalized spacial score (nSPS) is 22.2. The summed E-state index contributed by atoms with van der Waals surface area (Å²) in [5.74, 6) is 0.227. The maximum Gasteiger partial charge on any atom is 0.244 e. The lowest BCUT2D eigenvalue weighted by Gasteiger charge is -2.25. The van der Waals surface area contributed by atoms with Crippen molar-refractivity contribution in [1.82, 2.24) is 4.90 Å². The molecule has 0 spiro atoms. The predicted molar refractivity (Wildman–Crippen MR) is 72.5 cm³/mol. The molecule has 18 heavy (non-hydrogen) atoms. The van der Waals surface area contributed by atoms with Gasteiger partial charge in [0.1, 0.15) is 0 Å². The van der Waals surface area contributed by atoms with Crippen molar-refractivity contribution in [1.29, 1.82) is 0 Å². The number of thioether (sulfide) groups is 1. The minimum absolute atomic E-state index is 0.150. The Kier molecular flexibility index (Phi) is 5.87. The minimum Gasteiger partial charge on any atom is -0.367 e. The number of rotatable bonds is 4. The summed E-state index contributed by atoms with van der Waals surface area (Å²) in [7, 11) is 0. The molecule has 0 radical (unpaired) electrons. The van der Waals surface area contributed by atoms with Crippen LogP contribution in [0.15, 0.2) is 22.8 Å². The van der Waals surface area contributed by atoms with Crippen molar-refractivity contribution >= 4 is 17.7 Å². The van der Waals surface area contributed by atoms with Crippen molar-refractivity contribution in [3.05, 3.63) is 22.8 Å². The molecule has 5 nitrogen and oxygen atoms in total. The van der Waals surface area contributed by atoms with E-state index in [-0.39, 0.29) is 12.5 Å². The fraction of sp³-hybridized carbons (Fsp3) is 0.583. The smallest absolute Gasteiger partial charge is 0.244 e. The van der Waals surface area contributed by atoms with Crippen LogP contribution in [0, 0.1) is 0 Å². The van der Waals surface area contributed by atoms with E-state index in [1.165, 1.54) is 16.7 Å². The molecular weight excluding hydrogens is 252 g/mol. The van der Waals surface area contributed by atoms with E-state index in [2.05, 4.69) is 0 Å². The lowest BCUT2D eigenvalue weighted by molar-refractivity contribution is -0.135. The monoisotopic (exact) mass is 272 g/mol. The third-order valence-corrected chi connectivity index (χ3v) is 3.88. The summed E-state index contributed by atoms with van der Waals surface area (Å²) in [6.45, 7) is 3.67. The summed E-state index contributed by atoms with van der Waals surface area (Å²) in [4.78, 5) is 14.3. The number of hydrogen-bond donors (Lipinski definition) is 3. The summed E-state index contributed by atoms with van der Waals surface area (Å²) in [5.41, 5.74) is 6.49. The molecule has 0 aromatic heterocycles. The van der Waals surface area contributed by atoms with Crippen LogP contribution in [0.3, 0.4) is 0 Å². The molecule has 0 bridgehead atoms. The molecule has 0 aromatic carbocycles. The quantitative estimate of drug-likeness (QED) is 0.645. The Labute approximate surface area is 111 Å². The fourth-order valence-corrected chi connectivity index (χ4v) is 2.65. The first kappa shape index (κ1) is 15.2. The zero-order valence-corrected chi connectivity index (χ0v) is 11.5. The molecular formula is C12H20N2O3S. The van der Waals surface area contributed by atoms with Crippen molar-refractivity contribution < 1.29 is 15.0 Å². The molecule has 4 N–H and O–H groups in total. The van der Waals surface area contributed by atoms with Crippen molar-refractivity contribution in [2.75, 3.05) is 12.3 Å². The zero-order chi connectivity index (χ0) is 13.7. The first-order chi connectivity index (χ1) is 8.47. The first-order valence-corrected chi connectivity index (χ1v) is 6.89. The van der Waals surface area contributed by atoms with Gasteiger partial charge < -0.3 is 20.8 Å². The van der Waals surface area contributed by atoms with Gasteiger partial charge in [-0.15, -0.1) is 11.8 Å². The maximum atomic E-state index is 12.0. The highest BCUT2D eigenvalue weighted by atomic mass is 32.2. The molecule has 1 aliphatic rings. The third-order valence-electron chi connectivity index (χ3n) is 2.61. The SMILES string of the molecule is CCC=CC1=C(C)N(CC(O)O)C(=O)C(N)CS1. The lowest BCUT2D eigenvalue weighted by Crippen LogP contribution is -2.45. The number of nitrogens with two attached hydrogens (primary N) is 1. The Morgan fingerprint density at radius 1 is 1.61 bits per heavy atom. The van der Waals surface area contributed by atoms with E-state index < -0.39 is 12.3 Å². The zero-order valence-electron chi connectivity index (χ0n) is 10.7. The number of allylic oxidation sites excluding steroid dienone is 3. The van der Waals surface area contributed by atoms with Crippen LogP contribution in [-0.2, 0) is 4.79 Å². The van der Waals surface area contributed by atoms with Crippen LogP contribution in [0.4, 0.5) is 0 Å². The summed E-state index contributed by atoms with van der Waals surface area (Å²) in [6.07, 6.45) is 3.29. The number of carbonyl (C=O) groups excluding carboxylic acids is 1. The highest BCUT2D eigenvalue weighted by Gasteiger charge is 2.28. The molecule has 1 atom stereocenters. The minimum atomic E-state index is -1.56. The van der Waals surface area contributed by atoms with Gasteiger partial charge in [0.05, 0.1) is 12.6 Å². The number of aliphatic hydroxyl groups is 2. The standard InChI is InChI=1S/C12H20N2O3S/c1-3-4-5-10-8(2)14(6-11(15)16)12(17)9(13)7-18-10/h4-5,9,11,15-16H,3,6-7,13H2,1-2H3. The predicted octanol–water partition coefficient (Wildman–Crippen LogP) is 0.398. The average Bonchev–Trinajstić information content (AvgIpc) is 2.41. The van der Waals surface area contributed by atoms with Gasteiger partial charge in [0.15, 0.2) is 6.29 Å². The van der Waals surface area contributed by atoms with Gasteiger partial charge in [0.25, 0.3) is 0 Å². The van der Waals surface area contributed by atoms with Crippen molar-refractivity contribution in [3.8, 4) is 0 Å². The molecule has 1 unspecified atom stereocenters. The van der Waals surface area contributed by atoms with E-state index in [9.17, 15) is 4.79 Å². The molecule has 1 rings (SSSR count). The van der Waals surface area contributed by atoms with E-state index >= 15 is 0 Å². The molecule has 6 heteroatoms. The molecule has 0 aliphatic carbocycles. The Morgan fingerprint density at radius 2 is 2.28 bits per heavy atom. The largest absolute Gasteiger partial charge is 0.367 e. The van der Waals surface area contributed by atoms with Gasteiger partial charge in [-0.1, -0.05) is 19.1 Å². The Bertz CT molecular complexity index is 366. The van der Waals surface area contributed by atoms with Crippen LogP contribution in [0.2, 0.25) is 0 Å². The van der Waals surface area contributed by atoms with E-state index in [0.717, 1.165) is 17.0 Å². The van der Waals surface area contributed by atoms with Gasteiger partial charge in [-0.05, 0) is 13.3 Å².